The summed E-state index contributed by atoms with van der Waals surface area (Å²) in [6.45, 7) is 0.151. The number of hydrogen-bond acceptors (Lipinski definition) is 3. The number of hydrogen-bond donors (Lipinski definition) is 1. The Morgan fingerprint density at radius 1 is 1.53 bits per heavy atom. The van der Waals surface area contributed by atoms with Gasteiger partial charge in [-0.05, 0) is 12.1 Å². The second-order valence-corrected chi connectivity index (χ2v) is 3.67. The Bertz CT molecular complexity index is 371. The van der Waals surface area contributed by atoms with E-state index in [1.165, 1.54) is 17.0 Å². The van der Waals surface area contributed by atoms with Crippen LogP contribution in [0, 0.1) is 0 Å². The van der Waals surface area contributed by atoms with Crippen LogP contribution in [0.1, 0.15) is 10.4 Å². The third kappa shape index (κ3) is 3.06. The monoisotopic (exact) mass is 248 g/mol. The minimum Gasteiger partial charge on any atom is -0.395 e. The van der Waals surface area contributed by atoms with Crippen molar-refractivity contribution in [3.63, 3.8) is 0 Å². The number of likely N-dealkylation sites (N-methyl/N-ethyl adjacent to an activating group) is 1. The van der Waals surface area contributed by atoms with Gasteiger partial charge in [0.2, 0.25) is 0 Å². The van der Waals surface area contributed by atoms with Gasteiger partial charge in [0.05, 0.1) is 12.2 Å². The van der Waals surface area contributed by atoms with Gasteiger partial charge in [-0.15, -0.1) is 0 Å². The number of carbonyl (C=O) groups is 1. The number of carbonyl (C=O) groups excluding carboxylic acids is 1. The maximum absolute atomic E-state index is 11.7. The van der Waals surface area contributed by atoms with Crippen LogP contribution < -0.4 is 0 Å². The Morgan fingerprint density at radius 2 is 2.20 bits per heavy atom. The molecule has 0 fully saturated rings. The minimum atomic E-state index is -0.293. The van der Waals surface area contributed by atoms with E-state index in [1.54, 1.807) is 7.05 Å². The van der Waals surface area contributed by atoms with Crippen LogP contribution in [0.5, 0.6) is 0 Å². The smallest absolute Gasteiger partial charge is 0.256 e. The first-order chi connectivity index (χ1) is 7.06. The average Bonchev–Trinajstić information content (AvgIpc) is 2.17. The van der Waals surface area contributed by atoms with Crippen molar-refractivity contribution in [1.82, 2.24) is 9.88 Å². The van der Waals surface area contributed by atoms with E-state index in [9.17, 15) is 4.79 Å². The molecule has 0 aliphatic heterocycles. The van der Waals surface area contributed by atoms with E-state index in [0.29, 0.717) is 0 Å². The molecule has 1 N–H and O–H groups in total. The lowest BCUT2D eigenvalue weighted by Crippen LogP contribution is -2.29. The van der Waals surface area contributed by atoms with Crippen molar-refractivity contribution in [3.8, 4) is 0 Å². The van der Waals surface area contributed by atoms with Gasteiger partial charge >= 0.3 is 0 Å². The molecule has 15 heavy (non-hydrogen) atoms. The molecule has 82 valence electrons. The molecule has 1 heterocycles. The van der Waals surface area contributed by atoms with Crippen molar-refractivity contribution in [2.45, 2.75) is 0 Å². The van der Waals surface area contributed by atoms with Crippen LogP contribution in [0.15, 0.2) is 12.1 Å². The third-order valence-corrected chi connectivity index (χ3v) is 2.33. The summed E-state index contributed by atoms with van der Waals surface area (Å²) in [7, 11) is 1.57. The lowest BCUT2D eigenvalue weighted by molar-refractivity contribution is 0.0767. The molecule has 0 spiro atoms. The Kier molecular flexibility index (Phi) is 4.32. The summed E-state index contributed by atoms with van der Waals surface area (Å²) in [4.78, 5) is 16.8. The van der Waals surface area contributed by atoms with E-state index < -0.39 is 0 Å². The van der Waals surface area contributed by atoms with Crippen LogP contribution in [-0.4, -0.2) is 41.1 Å². The second kappa shape index (κ2) is 5.30. The Balaban J connectivity index is 2.91. The van der Waals surface area contributed by atoms with Gasteiger partial charge in [-0.25, -0.2) is 4.98 Å². The number of pyridine rings is 1. The number of nitrogens with zero attached hydrogens (tertiary/aromatic N) is 2. The maximum atomic E-state index is 11.7. The highest BCUT2D eigenvalue weighted by Gasteiger charge is 2.15. The van der Waals surface area contributed by atoms with Gasteiger partial charge in [-0.2, -0.15) is 0 Å². The lowest BCUT2D eigenvalue weighted by Gasteiger charge is -2.15. The van der Waals surface area contributed by atoms with E-state index in [1.807, 2.05) is 0 Å². The minimum absolute atomic E-state index is 0.0669. The van der Waals surface area contributed by atoms with Crippen molar-refractivity contribution in [1.29, 1.82) is 0 Å². The van der Waals surface area contributed by atoms with E-state index >= 15 is 0 Å². The number of aromatic nitrogens is 1. The molecule has 1 rings (SSSR count). The number of amides is 1. The van der Waals surface area contributed by atoms with Crippen molar-refractivity contribution in [2.75, 3.05) is 20.2 Å². The molecule has 1 aromatic rings. The molecule has 4 nitrogen and oxygen atoms in total. The van der Waals surface area contributed by atoms with E-state index in [2.05, 4.69) is 4.98 Å². The summed E-state index contributed by atoms with van der Waals surface area (Å²) >= 11 is 11.4. The molecule has 0 atom stereocenters. The van der Waals surface area contributed by atoms with Gasteiger partial charge in [-0.3, -0.25) is 4.79 Å². The fourth-order valence-corrected chi connectivity index (χ4v) is 1.45. The SMILES string of the molecule is CN(CCO)C(=O)c1ccc(Cl)nc1Cl. The molecule has 6 heteroatoms. The van der Waals surface area contributed by atoms with Crippen LogP contribution in [0.2, 0.25) is 10.3 Å². The van der Waals surface area contributed by atoms with E-state index in [0.717, 1.165) is 0 Å². The maximum Gasteiger partial charge on any atom is 0.256 e. The van der Waals surface area contributed by atoms with Crippen LogP contribution in [0.4, 0.5) is 0 Å². The van der Waals surface area contributed by atoms with Gasteiger partial charge in [0.25, 0.3) is 5.91 Å². The summed E-state index contributed by atoms with van der Waals surface area (Å²) < 4.78 is 0. The number of rotatable bonds is 3. The summed E-state index contributed by atoms with van der Waals surface area (Å²) in [5.74, 6) is -0.293. The summed E-state index contributed by atoms with van der Waals surface area (Å²) in [6.07, 6.45) is 0. The number of aliphatic hydroxyl groups excluding tert-OH is 1. The van der Waals surface area contributed by atoms with E-state index in [-0.39, 0.29) is 34.9 Å². The first-order valence-electron chi connectivity index (χ1n) is 4.24. The van der Waals surface area contributed by atoms with Crippen molar-refractivity contribution < 1.29 is 9.90 Å². The highest BCUT2D eigenvalue weighted by molar-refractivity contribution is 6.34. The lowest BCUT2D eigenvalue weighted by atomic mass is 10.2. The highest BCUT2D eigenvalue weighted by atomic mass is 35.5. The number of halogens is 2. The summed E-state index contributed by atoms with van der Waals surface area (Å²) in [5, 5.41) is 8.99. The molecule has 0 bridgehead atoms. The molecule has 1 aromatic heterocycles. The van der Waals surface area contributed by atoms with Gasteiger partial charge in [-0.1, -0.05) is 23.2 Å². The zero-order valence-corrected chi connectivity index (χ0v) is 9.59. The molecule has 0 aromatic carbocycles. The van der Waals surface area contributed by atoms with E-state index in [4.69, 9.17) is 28.3 Å². The molecule has 0 aliphatic rings. The second-order valence-electron chi connectivity index (χ2n) is 2.92. The largest absolute Gasteiger partial charge is 0.395 e. The Hall–Kier alpha value is -0.840. The predicted octanol–water partition coefficient (Wildman–Crippen LogP) is 1.45. The van der Waals surface area contributed by atoms with Crippen LogP contribution in [0.25, 0.3) is 0 Å². The fourth-order valence-electron chi connectivity index (χ4n) is 1.03. The molecular formula is C9H10Cl2N2O2. The van der Waals surface area contributed by atoms with Crippen molar-refractivity contribution >= 4 is 29.1 Å². The van der Waals surface area contributed by atoms with Crippen LogP contribution in [-0.2, 0) is 0 Å². The van der Waals surface area contributed by atoms with Gasteiger partial charge in [0, 0.05) is 13.6 Å². The van der Waals surface area contributed by atoms with Crippen LogP contribution in [0.3, 0.4) is 0 Å². The first kappa shape index (κ1) is 12.2. The molecule has 0 radical (unpaired) electrons. The van der Waals surface area contributed by atoms with Gasteiger partial charge < -0.3 is 10.0 Å². The Labute approximate surface area is 97.4 Å². The third-order valence-electron chi connectivity index (χ3n) is 1.83. The topological polar surface area (TPSA) is 53.4 Å². The molecule has 1 amide bonds. The zero-order chi connectivity index (χ0) is 11.4. The molecule has 0 saturated heterocycles. The Morgan fingerprint density at radius 3 is 2.73 bits per heavy atom. The quantitative estimate of drug-likeness (QED) is 0.825. The van der Waals surface area contributed by atoms with Crippen molar-refractivity contribution in [2.24, 2.45) is 0 Å². The number of aliphatic hydroxyl groups is 1. The molecule has 0 saturated carbocycles. The highest BCUT2D eigenvalue weighted by Crippen LogP contribution is 2.17. The zero-order valence-electron chi connectivity index (χ0n) is 8.07. The molecule has 0 aliphatic carbocycles. The fraction of sp³-hybridized carbons (Fsp3) is 0.333. The average molecular weight is 249 g/mol. The molecule has 0 unspecified atom stereocenters. The van der Waals surface area contributed by atoms with Crippen molar-refractivity contribution in [3.05, 3.63) is 28.0 Å². The normalized spacial score (nSPS) is 10.1. The first-order valence-corrected chi connectivity index (χ1v) is 5.00. The standard InChI is InChI=1S/C9H10Cl2N2O2/c1-13(4-5-14)9(15)6-2-3-7(10)12-8(6)11/h2-3,14H,4-5H2,1H3. The summed E-state index contributed by atoms with van der Waals surface area (Å²) in [5.41, 5.74) is 0.275. The van der Waals surface area contributed by atoms with Gasteiger partial charge in [0.1, 0.15) is 10.3 Å². The summed E-state index contributed by atoms with van der Waals surface area (Å²) in [6, 6.07) is 3.00. The van der Waals surface area contributed by atoms with Gasteiger partial charge in [0.15, 0.2) is 0 Å². The van der Waals surface area contributed by atoms with Crippen LogP contribution >= 0.6 is 23.2 Å². The molecular weight excluding hydrogens is 239 g/mol. The predicted molar refractivity (Wildman–Crippen MR) is 58.3 cm³/mol.